The molecule has 2 heterocycles. The number of fused-ring (bicyclic) bond motifs is 1. The van der Waals surface area contributed by atoms with Crippen LogP contribution in [0.1, 0.15) is 21.6 Å². The minimum absolute atomic E-state index is 0.234. The second kappa shape index (κ2) is 6.40. The van der Waals surface area contributed by atoms with Gasteiger partial charge in [0, 0.05) is 30.1 Å². The van der Waals surface area contributed by atoms with Crippen molar-refractivity contribution < 1.29 is 4.39 Å². The number of nitrogens with two attached hydrogens (primary N) is 1. The summed E-state index contributed by atoms with van der Waals surface area (Å²) in [4.78, 5) is 3.84. The van der Waals surface area contributed by atoms with Gasteiger partial charge >= 0.3 is 0 Å². The highest BCUT2D eigenvalue weighted by Gasteiger charge is 2.17. The fraction of sp³-hybridized carbons (Fsp3) is 0.294. The Labute approximate surface area is 128 Å². The molecule has 0 fully saturated rings. The third kappa shape index (κ3) is 3.51. The molecule has 1 aliphatic heterocycles. The monoisotopic (exact) mass is 300 g/mol. The molecular formula is C17H17FN2S. The van der Waals surface area contributed by atoms with E-state index < -0.39 is 0 Å². The minimum Gasteiger partial charge on any atom is -0.320 e. The first kappa shape index (κ1) is 14.3. The number of nitrogens with zero attached hydrogens (tertiary/aromatic N) is 1. The van der Waals surface area contributed by atoms with E-state index in [9.17, 15) is 4.39 Å². The third-order valence-electron chi connectivity index (χ3n) is 3.59. The number of hydrogen-bond acceptors (Lipinski definition) is 3. The van der Waals surface area contributed by atoms with Crippen molar-refractivity contribution in [3.05, 3.63) is 57.0 Å². The van der Waals surface area contributed by atoms with E-state index in [1.165, 1.54) is 16.5 Å². The molecule has 21 heavy (non-hydrogen) atoms. The van der Waals surface area contributed by atoms with Gasteiger partial charge in [-0.2, -0.15) is 0 Å². The molecule has 3 rings (SSSR count). The molecule has 0 radical (unpaired) electrons. The van der Waals surface area contributed by atoms with E-state index in [1.54, 1.807) is 6.07 Å². The molecule has 0 unspecified atom stereocenters. The normalized spacial score (nSPS) is 14.4. The Morgan fingerprint density at radius 2 is 2.24 bits per heavy atom. The first-order valence-electron chi connectivity index (χ1n) is 7.00. The minimum atomic E-state index is -0.234. The lowest BCUT2D eigenvalue weighted by molar-refractivity contribution is 0.247. The van der Waals surface area contributed by atoms with E-state index in [1.807, 2.05) is 17.4 Å². The molecule has 2 N–H and O–H groups in total. The summed E-state index contributed by atoms with van der Waals surface area (Å²) in [6.07, 6.45) is 1.09. The fourth-order valence-electron chi connectivity index (χ4n) is 2.67. The Balaban J connectivity index is 1.75. The maximum atomic E-state index is 13.7. The van der Waals surface area contributed by atoms with Crippen molar-refractivity contribution in [1.29, 1.82) is 0 Å². The highest BCUT2D eigenvalue weighted by Crippen LogP contribution is 2.25. The average Bonchev–Trinajstić information content (AvgIpc) is 2.92. The van der Waals surface area contributed by atoms with Crippen molar-refractivity contribution in [2.24, 2.45) is 5.73 Å². The summed E-state index contributed by atoms with van der Waals surface area (Å²) in [7, 11) is 0. The van der Waals surface area contributed by atoms with Crippen molar-refractivity contribution in [2.45, 2.75) is 19.5 Å². The summed E-state index contributed by atoms with van der Waals surface area (Å²) in [5.41, 5.74) is 8.44. The molecule has 2 aromatic rings. The van der Waals surface area contributed by atoms with Gasteiger partial charge < -0.3 is 5.73 Å². The Hall–Kier alpha value is -1.67. The number of rotatable bonds is 2. The van der Waals surface area contributed by atoms with Crippen LogP contribution in [0.15, 0.2) is 29.6 Å². The molecule has 0 saturated heterocycles. The SMILES string of the molecule is NCC#Cc1cc(F)cc(CN2CCc3sccc3C2)c1. The molecule has 1 aromatic carbocycles. The van der Waals surface area contributed by atoms with Crippen LogP contribution in [-0.2, 0) is 19.5 Å². The summed E-state index contributed by atoms with van der Waals surface area (Å²) in [5, 5.41) is 2.15. The van der Waals surface area contributed by atoms with E-state index in [-0.39, 0.29) is 5.82 Å². The molecule has 0 aliphatic carbocycles. The van der Waals surface area contributed by atoms with Crippen molar-refractivity contribution in [3.63, 3.8) is 0 Å². The van der Waals surface area contributed by atoms with Gasteiger partial charge in [0.15, 0.2) is 0 Å². The second-order valence-corrected chi connectivity index (χ2v) is 6.18. The van der Waals surface area contributed by atoms with Gasteiger partial charge in [-0.3, -0.25) is 4.90 Å². The molecule has 4 heteroatoms. The third-order valence-corrected chi connectivity index (χ3v) is 4.61. The molecule has 108 valence electrons. The molecule has 0 spiro atoms. The highest BCUT2D eigenvalue weighted by molar-refractivity contribution is 7.10. The molecule has 1 aliphatic rings. The zero-order chi connectivity index (χ0) is 14.7. The van der Waals surface area contributed by atoms with E-state index in [0.717, 1.165) is 31.6 Å². The highest BCUT2D eigenvalue weighted by atomic mass is 32.1. The summed E-state index contributed by atoms with van der Waals surface area (Å²) in [6.45, 7) is 3.01. The van der Waals surface area contributed by atoms with Gasteiger partial charge in [-0.1, -0.05) is 11.8 Å². The number of hydrogen-bond donors (Lipinski definition) is 1. The van der Waals surface area contributed by atoms with Crippen LogP contribution in [0.4, 0.5) is 4.39 Å². The van der Waals surface area contributed by atoms with Gasteiger partial charge in [-0.15, -0.1) is 11.3 Å². The predicted molar refractivity (Wildman–Crippen MR) is 84.5 cm³/mol. The number of benzene rings is 1. The molecular weight excluding hydrogens is 283 g/mol. The average molecular weight is 300 g/mol. The van der Waals surface area contributed by atoms with Gasteiger partial charge in [-0.05, 0) is 47.2 Å². The summed E-state index contributed by atoms with van der Waals surface area (Å²) >= 11 is 1.83. The smallest absolute Gasteiger partial charge is 0.124 e. The number of halogens is 1. The van der Waals surface area contributed by atoms with Crippen LogP contribution < -0.4 is 5.73 Å². The van der Waals surface area contributed by atoms with E-state index in [0.29, 0.717) is 12.1 Å². The van der Waals surface area contributed by atoms with E-state index >= 15 is 0 Å². The lowest BCUT2D eigenvalue weighted by Gasteiger charge is -2.26. The molecule has 0 amide bonds. The fourth-order valence-corrected chi connectivity index (χ4v) is 3.56. The quantitative estimate of drug-likeness (QED) is 0.864. The Morgan fingerprint density at radius 3 is 3.10 bits per heavy atom. The van der Waals surface area contributed by atoms with Crippen molar-refractivity contribution in [1.82, 2.24) is 4.90 Å². The largest absolute Gasteiger partial charge is 0.320 e. The van der Waals surface area contributed by atoms with Crippen molar-refractivity contribution >= 4 is 11.3 Å². The van der Waals surface area contributed by atoms with Crippen LogP contribution >= 0.6 is 11.3 Å². The van der Waals surface area contributed by atoms with Crippen molar-refractivity contribution in [3.8, 4) is 11.8 Å². The van der Waals surface area contributed by atoms with Crippen molar-refractivity contribution in [2.75, 3.05) is 13.1 Å². The van der Waals surface area contributed by atoms with Crippen LogP contribution in [0.25, 0.3) is 0 Å². The standard InChI is InChI=1S/C17H17FN2S/c18-16-9-13(2-1-5-19)8-14(10-16)11-20-6-3-17-15(12-20)4-7-21-17/h4,7-10H,3,5-6,11-12,19H2. The summed E-state index contributed by atoms with van der Waals surface area (Å²) in [6, 6.07) is 7.20. The molecule has 0 bridgehead atoms. The van der Waals surface area contributed by atoms with Crippen LogP contribution in [-0.4, -0.2) is 18.0 Å². The zero-order valence-electron chi connectivity index (χ0n) is 11.7. The number of thiophene rings is 1. The molecule has 2 nitrogen and oxygen atoms in total. The van der Waals surface area contributed by atoms with Gasteiger partial charge in [0.25, 0.3) is 0 Å². The van der Waals surface area contributed by atoms with Crippen LogP contribution in [0.5, 0.6) is 0 Å². The topological polar surface area (TPSA) is 29.3 Å². The van der Waals surface area contributed by atoms with Crippen LogP contribution in [0.2, 0.25) is 0 Å². The predicted octanol–water partition coefficient (Wildman–Crippen LogP) is 2.76. The second-order valence-electron chi connectivity index (χ2n) is 5.18. The van der Waals surface area contributed by atoms with Gasteiger partial charge in [-0.25, -0.2) is 4.39 Å². The van der Waals surface area contributed by atoms with Gasteiger partial charge in [0.05, 0.1) is 6.54 Å². The lowest BCUT2D eigenvalue weighted by atomic mass is 10.1. The van der Waals surface area contributed by atoms with Gasteiger partial charge in [0.1, 0.15) is 5.82 Å². The lowest BCUT2D eigenvalue weighted by Crippen LogP contribution is -2.29. The molecule has 0 saturated carbocycles. The molecule has 1 aromatic heterocycles. The summed E-state index contributed by atoms with van der Waals surface area (Å²) < 4.78 is 13.7. The maximum Gasteiger partial charge on any atom is 0.124 e. The first-order valence-corrected chi connectivity index (χ1v) is 7.88. The summed E-state index contributed by atoms with van der Waals surface area (Å²) in [5.74, 6) is 5.44. The van der Waals surface area contributed by atoms with E-state index in [2.05, 4.69) is 28.2 Å². The van der Waals surface area contributed by atoms with E-state index in [4.69, 9.17) is 5.73 Å². The molecule has 0 atom stereocenters. The Morgan fingerprint density at radius 1 is 1.33 bits per heavy atom. The van der Waals surface area contributed by atoms with Gasteiger partial charge in [0.2, 0.25) is 0 Å². The maximum absolute atomic E-state index is 13.7. The van der Waals surface area contributed by atoms with Crippen LogP contribution in [0, 0.1) is 17.7 Å². The Kier molecular flexibility index (Phi) is 4.35. The van der Waals surface area contributed by atoms with Crippen LogP contribution in [0.3, 0.4) is 0 Å². The Bertz CT molecular complexity index is 696. The first-order chi connectivity index (χ1) is 10.2. The zero-order valence-corrected chi connectivity index (χ0v) is 12.5.